The summed E-state index contributed by atoms with van der Waals surface area (Å²) in [6.07, 6.45) is 6.79. The second kappa shape index (κ2) is 9.91. The van der Waals surface area contributed by atoms with E-state index in [1.807, 2.05) is 32.0 Å². The van der Waals surface area contributed by atoms with Crippen LogP contribution < -0.4 is 4.74 Å². The molecule has 26 heavy (non-hydrogen) atoms. The third-order valence-electron chi connectivity index (χ3n) is 4.71. The van der Waals surface area contributed by atoms with Gasteiger partial charge in [-0.2, -0.15) is 5.10 Å². The van der Waals surface area contributed by atoms with Crippen LogP contribution in [-0.2, 0) is 12.8 Å². The number of aryl methyl sites for hydroxylation is 2. The minimum atomic E-state index is -0.142. The molecule has 0 saturated carbocycles. The maximum absolute atomic E-state index is 12.6. The van der Waals surface area contributed by atoms with Crippen molar-refractivity contribution < 1.29 is 9.53 Å². The highest BCUT2D eigenvalue weighted by molar-refractivity contribution is 9.10. The summed E-state index contributed by atoms with van der Waals surface area (Å²) < 4.78 is 8.08. The fourth-order valence-electron chi connectivity index (χ4n) is 3.09. The van der Waals surface area contributed by atoms with Crippen LogP contribution in [0, 0.1) is 13.8 Å². The summed E-state index contributed by atoms with van der Waals surface area (Å²) in [5.74, 6) is 0.536. The van der Waals surface area contributed by atoms with Gasteiger partial charge >= 0.3 is 0 Å². The number of benzene rings is 1. The molecule has 142 valence electrons. The highest BCUT2D eigenvalue weighted by Gasteiger charge is 2.17. The van der Waals surface area contributed by atoms with Crippen molar-refractivity contribution in [2.45, 2.75) is 66.2 Å². The molecule has 0 aliphatic carbocycles. The van der Waals surface area contributed by atoms with Gasteiger partial charge in [-0.3, -0.25) is 4.79 Å². The Morgan fingerprint density at radius 2 is 1.96 bits per heavy atom. The van der Waals surface area contributed by atoms with Crippen molar-refractivity contribution in [2.75, 3.05) is 6.61 Å². The lowest BCUT2D eigenvalue weighted by Crippen LogP contribution is -2.22. The number of hydrogen-bond donors (Lipinski definition) is 0. The average Bonchev–Trinajstić information content (AvgIpc) is 2.91. The average molecular weight is 421 g/mol. The largest absolute Gasteiger partial charge is 0.483 e. The summed E-state index contributed by atoms with van der Waals surface area (Å²) >= 11 is 3.51. The maximum atomic E-state index is 12.6. The third-order valence-corrected chi connectivity index (χ3v) is 5.33. The number of carbonyl (C=O) groups is 1. The third kappa shape index (κ3) is 5.19. The van der Waals surface area contributed by atoms with Crippen LogP contribution in [0.25, 0.3) is 0 Å². The molecule has 0 amide bonds. The van der Waals surface area contributed by atoms with Gasteiger partial charge in [0.2, 0.25) is 0 Å². The molecule has 0 saturated heterocycles. The van der Waals surface area contributed by atoms with E-state index in [2.05, 4.69) is 34.9 Å². The first-order valence-electron chi connectivity index (χ1n) is 9.47. The Balaban J connectivity index is 2.01. The topological polar surface area (TPSA) is 44.1 Å². The molecule has 0 spiro atoms. The van der Waals surface area contributed by atoms with E-state index in [4.69, 9.17) is 4.74 Å². The Morgan fingerprint density at radius 3 is 2.62 bits per heavy atom. The summed E-state index contributed by atoms with van der Waals surface area (Å²) in [6, 6.07) is 5.94. The highest BCUT2D eigenvalue weighted by Crippen LogP contribution is 2.26. The van der Waals surface area contributed by atoms with Gasteiger partial charge in [0.1, 0.15) is 5.75 Å². The van der Waals surface area contributed by atoms with E-state index in [1.165, 1.54) is 35.1 Å². The van der Waals surface area contributed by atoms with E-state index < -0.39 is 0 Å². The Bertz CT molecular complexity index is 753. The summed E-state index contributed by atoms with van der Waals surface area (Å²) in [6.45, 7) is 8.24. The van der Waals surface area contributed by atoms with E-state index >= 15 is 0 Å². The highest BCUT2D eigenvalue weighted by atomic mass is 79.9. The molecule has 5 heteroatoms. The van der Waals surface area contributed by atoms with Gasteiger partial charge in [0, 0.05) is 5.69 Å². The zero-order chi connectivity index (χ0) is 19.1. The van der Waals surface area contributed by atoms with Crippen LogP contribution in [0.4, 0.5) is 0 Å². The second-order valence-electron chi connectivity index (χ2n) is 6.67. The van der Waals surface area contributed by atoms with Crippen molar-refractivity contribution in [3.8, 4) is 5.75 Å². The van der Waals surface area contributed by atoms with Crippen LogP contribution in [0.15, 0.2) is 22.7 Å². The number of halogens is 1. The van der Waals surface area contributed by atoms with Crippen molar-refractivity contribution in [2.24, 2.45) is 0 Å². The van der Waals surface area contributed by atoms with Crippen molar-refractivity contribution in [3.05, 3.63) is 45.2 Å². The van der Waals surface area contributed by atoms with Gasteiger partial charge in [0.25, 0.3) is 5.91 Å². The van der Waals surface area contributed by atoms with Crippen LogP contribution in [0.2, 0.25) is 0 Å². The summed E-state index contributed by atoms with van der Waals surface area (Å²) in [5, 5.41) is 4.45. The zero-order valence-corrected chi connectivity index (χ0v) is 17.9. The molecule has 1 aromatic carbocycles. The van der Waals surface area contributed by atoms with Gasteiger partial charge in [-0.05, 0) is 72.3 Å². The number of ether oxygens (including phenoxy) is 1. The molecule has 0 N–H and O–H groups in total. The Morgan fingerprint density at radius 1 is 1.19 bits per heavy atom. The van der Waals surface area contributed by atoms with Gasteiger partial charge in [0.05, 0.1) is 10.2 Å². The minimum absolute atomic E-state index is 0.0265. The van der Waals surface area contributed by atoms with Crippen LogP contribution in [-0.4, -0.2) is 22.3 Å². The van der Waals surface area contributed by atoms with E-state index in [9.17, 15) is 4.79 Å². The fraction of sp³-hybridized carbons (Fsp3) is 0.524. The first kappa shape index (κ1) is 20.7. The first-order chi connectivity index (χ1) is 12.5. The number of carbonyl (C=O) groups excluding carboxylic acids is 1. The number of hydrogen-bond acceptors (Lipinski definition) is 3. The first-order valence-corrected chi connectivity index (χ1v) is 10.3. The normalized spacial score (nSPS) is 11.0. The standard InChI is InChI=1S/C21H29BrN2O2/c1-5-7-8-9-10-18-15(3)23-24(16(18)4)21(25)14-26-20-12-11-17(6-2)13-19(20)22/h11-13H,5-10,14H2,1-4H3. The molecular formula is C21H29BrN2O2. The van der Waals surface area contributed by atoms with Gasteiger partial charge < -0.3 is 4.74 Å². The van der Waals surface area contributed by atoms with Gasteiger partial charge in [0.15, 0.2) is 6.61 Å². The van der Waals surface area contributed by atoms with Crippen molar-refractivity contribution in [1.29, 1.82) is 0 Å². The molecule has 0 radical (unpaired) electrons. The molecule has 0 aliphatic heterocycles. The smallest absolute Gasteiger partial charge is 0.284 e. The van der Waals surface area contributed by atoms with E-state index in [-0.39, 0.29) is 12.5 Å². The molecule has 0 atom stereocenters. The number of nitrogens with zero attached hydrogens (tertiary/aromatic N) is 2. The lowest BCUT2D eigenvalue weighted by atomic mass is 10.0. The van der Waals surface area contributed by atoms with Crippen LogP contribution >= 0.6 is 15.9 Å². The van der Waals surface area contributed by atoms with Gasteiger partial charge in [-0.1, -0.05) is 39.2 Å². The van der Waals surface area contributed by atoms with E-state index in [1.54, 1.807) is 0 Å². The lowest BCUT2D eigenvalue weighted by Gasteiger charge is -2.09. The summed E-state index contributed by atoms with van der Waals surface area (Å²) in [5.41, 5.74) is 4.30. The lowest BCUT2D eigenvalue weighted by molar-refractivity contribution is 0.0817. The van der Waals surface area contributed by atoms with E-state index in [0.29, 0.717) is 5.75 Å². The second-order valence-corrected chi connectivity index (χ2v) is 7.53. The number of aromatic nitrogens is 2. The van der Waals surface area contributed by atoms with Crippen molar-refractivity contribution in [1.82, 2.24) is 9.78 Å². The van der Waals surface area contributed by atoms with Crippen LogP contribution in [0.1, 0.15) is 66.8 Å². The quantitative estimate of drug-likeness (QED) is 0.491. The molecule has 0 aliphatic rings. The Labute approximate surface area is 165 Å². The Hall–Kier alpha value is -1.62. The van der Waals surface area contributed by atoms with Gasteiger partial charge in [-0.25, -0.2) is 4.68 Å². The SMILES string of the molecule is CCCCCCc1c(C)nn(C(=O)COc2ccc(CC)cc2Br)c1C. The number of rotatable bonds is 9. The maximum Gasteiger partial charge on any atom is 0.284 e. The Kier molecular flexibility index (Phi) is 7.88. The fourth-order valence-corrected chi connectivity index (χ4v) is 3.63. The zero-order valence-electron chi connectivity index (χ0n) is 16.3. The van der Waals surface area contributed by atoms with E-state index in [0.717, 1.165) is 35.1 Å². The number of unbranched alkanes of at least 4 members (excludes halogenated alkanes) is 3. The van der Waals surface area contributed by atoms with Crippen molar-refractivity contribution in [3.63, 3.8) is 0 Å². The molecule has 2 rings (SSSR count). The molecule has 1 heterocycles. The predicted octanol–water partition coefficient (Wildman–Crippen LogP) is 5.67. The molecule has 1 aromatic heterocycles. The monoisotopic (exact) mass is 420 g/mol. The molecular weight excluding hydrogens is 392 g/mol. The molecule has 0 bridgehead atoms. The van der Waals surface area contributed by atoms with Crippen LogP contribution in [0.3, 0.4) is 0 Å². The van der Waals surface area contributed by atoms with Crippen LogP contribution in [0.5, 0.6) is 5.75 Å². The summed E-state index contributed by atoms with van der Waals surface area (Å²) in [4.78, 5) is 12.6. The predicted molar refractivity (Wildman–Crippen MR) is 109 cm³/mol. The van der Waals surface area contributed by atoms with Crippen molar-refractivity contribution >= 4 is 21.8 Å². The molecule has 2 aromatic rings. The molecule has 4 nitrogen and oxygen atoms in total. The summed E-state index contributed by atoms with van der Waals surface area (Å²) in [7, 11) is 0. The molecule has 0 fully saturated rings. The van der Waals surface area contributed by atoms with Gasteiger partial charge in [-0.15, -0.1) is 0 Å². The molecule has 0 unspecified atom stereocenters. The minimum Gasteiger partial charge on any atom is -0.483 e.